The monoisotopic (exact) mass is 357 g/mol. The smallest absolute Gasteiger partial charge is 0.321 e. The molecular weight excluding hydrogens is 338 g/mol. The minimum absolute atomic E-state index is 0.371. The molecule has 1 aromatic carbocycles. The van der Waals surface area contributed by atoms with E-state index in [9.17, 15) is 9.59 Å². The highest BCUT2D eigenvalue weighted by Crippen LogP contribution is 2.27. The van der Waals surface area contributed by atoms with Crippen molar-refractivity contribution in [2.24, 2.45) is 0 Å². The number of pyridine rings is 1. The number of carbonyl (C=O) groups is 2. The molecule has 3 rings (SSSR count). The van der Waals surface area contributed by atoms with Gasteiger partial charge in [-0.3, -0.25) is 14.5 Å². The van der Waals surface area contributed by atoms with Crippen molar-refractivity contribution in [1.82, 2.24) is 25.2 Å². The molecule has 0 fully saturated rings. The fourth-order valence-corrected chi connectivity index (χ4v) is 3.45. The molecule has 0 saturated heterocycles. The van der Waals surface area contributed by atoms with Crippen LogP contribution in [0, 0.1) is 6.92 Å². The van der Waals surface area contributed by atoms with Crippen LogP contribution in [0.3, 0.4) is 0 Å². The minimum atomic E-state index is -0.493. The first-order valence-electron chi connectivity index (χ1n) is 8.00. The average molecular weight is 357 g/mol. The average Bonchev–Trinajstić information content (AvgIpc) is 2.98. The number of imide groups is 1. The molecule has 0 radical (unpaired) electrons. The summed E-state index contributed by atoms with van der Waals surface area (Å²) in [5.74, 6) is -0.371. The first kappa shape index (κ1) is 17.2. The maximum absolute atomic E-state index is 12.2. The molecule has 0 spiro atoms. The van der Waals surface area contributed by atoms with Gasteiger partial charge >= 0.3 is 6.03 Å². The molecule has 2 aromatic heterocycles. The van der Waals surface area contributed by atoms with E-state index in [0.29, 0.717) is 11.7 Å². The van der Waals surface area contributed by atoms with Crippen molar-refractivity contribution in [3.05, 3.63) is 35.9 Å². The Kier molecular flexibility index (Phi) is 4.89. The van der Waals surface area contributed by atoms with Gasteiger partial charge in [-0.05, 0) is 38.5 Å². The zero-order chi connectivity index (χ0) is 18.0. The quantitative estimate of drug-likeness (QED) is 0.701. The van der Waals surface area contributed by atoms with Crippen LogP contribution in [0.4, 0.5) is 4.79 Å². The number of aryl methyl sites for hydroxylation is 1. The Balaban J connectivity index is 1.91. The third-order valence-electron chi connectivity index (χ3n) is 3.80. The zero-order valence-corrected chi connectivity index (χ0v) is 15.1. The summed E-state index contributed by atoms with van der Waals surface area (Å²) in [7, 11) is 0. The number of para-hydroxylation sites is 1. The minimum Gasteiger partial charge on any atom is -0.338 e. The van der Waals surface area contributed by atoms with Crippen LogP contribution in [0.2, 0.25) is 0 Å². The summed E-state index contributed by atoms with van der Waals surface area (Å²) in [5, 5.41) is 14.5. The first-order chi connectivity index (χ1) is 12.0. The summed E-state index contributed by atoms with van der Waals surface area (Å²) in [6.07, 6.45) is 0. The Bertz CT molecular complexity index is 953. The molecule has 1 atom stereocenters. The Morgan fingerprint density at radius 3 is 2.80 bits per heavy atom. The van der Waals surface area contributed by atoms with Crippen molar-refractivity contribution in [3.8, 4) is 0 Å². The highest BCUT2D eigenvalue weighted by Gasteiger charge is 2.20. The molecule has 25 heavy (non-hydrogen) atoms. The second-order valence-electron chi connectivity index (χ2n) is 5.63. The van der Waals surface area contributed by atoms with Crippen molar-refractivity contribution >= 4 is 40.3 Å². The Morgan fingerprint density at radius 2 is 2.04 bits per heavy atom. The highest BCUT2D eigenvalue weighted by molar-refractivity contribution is 8.00. The van der Waals surface area contributed by atoms with Crippen LogP contribution in [0.25, 0.3) is 16.6 Å². The zero-order valence-electron chi connectivity index (χ0n) is 14.2. The third kappa shape index (κ3) is 3.43. The van der Waals surface area contributed by atoms with Gasteiger partial charge in [-0.15, -0.1) is 10.2 Å². The molecule has 0 saturated carbocycles. The molecule has 7 nitrogen and oxygen atoms in total. The van der Waals surface area contributed by atoms with Gasteiger partial charge in [0.15, 0.2) is 10.8 Å². The highest BCUT2D eigenvalue weighted by atomic mass is 32.2. The van der Waals surface area contributed by atoms with E-state index >= 15 is 0 Å². The Labute approximate surface area is 149 Å². The van der Waals surface area contributed by atoms with Gasteiger partial charge in [-0.2, -0.15) is 0 Å². The number of benzene rings is 1. The lowest BCUT2D eigenvalue weighted by Crippen LogP contribution is -2.42. The van der Waals surface area contributed by atoms with Gasteiger partial charge in [0.1, 0.15) is 0 Å². The number of nitrogens with one attached hydrogen (secondary N) is 2. The van der Waals surface area contributed by atoms with Gasteiger partial charge in [0.2, 0.25) is 5.91 Å². The summed E-state index contributed by atoms with van der Waals surface area (Å²) < 4.78 is 1.93. The summed E-state index contributed by atoms with van der Waals surface area (Å²) in [6, 6.07) is 9.47. The molecule has 3 aromatic rings. The van der Waals surface area contributed by atoms with Crippen molar-refractivity contribution in [3.63, 3.8) is 0 Å². The molecule has 0 aliphatic carbocycles. The largest absolute Gasteiger partial charge is 0.338 e. The maximum atomic E-state index is 12.2. The number of hydrogen-bond acceptors (Lipinski definition) is 5. The van der Waals surface area contributed by atoms with E-state index in [1.54, 1.807) is 13.8 Å². The van der Waals surface area contributed by atoms with Gasteiger partial charge in [-0.1, -0.05) is 30.0 Å². The molecule has 2 N–H and O–H groups in total. The number of aromatic nitrogens is 3. The van der Waals surface area contributed by atoms with Crippen LogP contribution in [-0.4, -0.2) is 38.3 Å². The molecule has 0 aliphatic heterocycles. The van der Waals surface area contributed by atoms with E-state index in [1.807, 2.05) is 41.7 Å². The molecule has 0 bridgehead atoms. The van der Waals surface area contributed by atoms with E-state index in [1.165, 1.54) is 11.8 Å². The van der Waals surface area contributed by atoms with E-state index in [0.717, 1.165) is 22.1 Å². The summed E-state index contributed by atoms with van der Waals surface area (Å²) in [5.41, 5.74) is 2.84. The molecule has 1 unspecified atom stereocenters. The second kappa shape index (κ2) is 7.10. The molecule has 2 heterocycles. The van der Waals surface area contributed by atoms with E-state index in [4.69, 9.17) is 0 Å². The molecule has 130 valence electrons. The molecule has 3 amide bonds. The summed E-state index contributed by atoms with van der Waals surface area (Å²) in [4.78, 5) is 23.7. The summed E-state index contributed by atoms with van der Waals surface area (Å²) >= 11 is 1.27. The van der Waals surface area contributed by atoms with Crippen molar-refractivity contribution in [1.29, 1.82) is 0 Å². The molecular formula is C17H19N5O2S. The van der Waals surface area contributed by atoms with E-state index in [2.05, 4.69) is 20.8 Å². The number of nitrogens with zero attached hydrogens (tertiary/aromatic N) is 3. The number of fused-ring (bicyclic) bond motifs is 3. The molecule has 0 aliphatic rings. The predicted octanol–water partition coefficient (Wildman–Crippen LogP) is 2.52. The SMILES string of the molecule is CCNC(=O)NC(=O)C(C)Sc1nnc2cc(C)c3ccccc3n12. The normalized spacial score (nSPS) is 12.3. The predicted molar refractivity (Wildman–Crippen MR) is 97.8 cm³/mol. The van der Waals surface area contributed by atoms with Crippen molar-refractivity contribution in [2.45, 2.75) is 31.2 Å². The van der Waals surface area contributed by atoms with Crippen molar-refractivity contribution < 1.29 is 9.59 Å². The summed E-state index contributed by atoms with van der Waals surface area (Å²) in [6.45, 7) is 6.02. The van der Waals surface area contributed by atoms with Gasteiger partial charge in [0.05, 0.1) is 10.8 Å². The number of rotatable bonds is 4. The van der Waals surface area contributed by atoms with E-state index < -0.39 is 11.3 Å². The fraction of sp³-hybridized carbons (Fsp3) is 0.294. The first-order valence-corrected chi connectivity index (χ1v) is 8.88. The lowest BCUT2D eigenvalue weighted by atomic mass is 10.1. The Hall–Kier alpha value is -2.61. The van der Waals surface area contributed by atoms with Crippen LogP contribution in [-0.2, 0) is 4.79 Å². The maximum Gasteiger partial charge on any atom is 0.321 e. The standard InChI is InChI=1S/C17H19N5O2S/c1-4-18-16(24)19-15(23)11(3)25-17-21-20-14-9-10(2)12-7-5-6-8-13(12)22(14)17/h5-9,11H,4H2,1-3H3,(H2,18,19,23,24). The van der Waals surface area contributed by atoms with Gasteiger partial charge in [0, 0.05) is 11.9 Å². The Morgan fingerprint density at radius 1 is 1.28 bits per heavy atom. The van der Waals surface area contributed by atoms with E-state index in [-0.39, 0.29) is 5.91 Å². The number of amides is 3. The lowest BCUT2D eigenvalue weighted by molar-refractivity contribution is -0.119. The number of urea groups is 1. The van der Waals surface area contributed by atoms with Crippen molar-refractivity contribution in [2.75, 3.05) is 6.54 Å². The third-order valence-corrected chi connectivity index (χ3v) is 4.84. The number of carbonyl (C=O) groups excluding carboxylic acids is 2. The fourth-order valence-electron chi connectivity index (χ4n) is 2.58. The number of hydrogen-bond donors (Lipinski definition) is 2. The van der Waals surface area contributed by atoms with Crippen LogP contribution in [0.5, 0.6) is 0 Å². The van der Waals surface area contributed by atoms with Gasteiger partial charge < -0.3 is 5.32 Å². The lowest BCUT2D eigenvalue weighted by Gasteiger charge is -2.11. The van der Waals surface area contributed by atoms with Crippen LogP contribution < -0.4 is 10.6 Å². The molecule has 8 heteroatoms. The number of thioether (sulfide) groups is 1. The van der Waals surface area contributed by atoms with Crippen LogP contribution >= 0.6 is 11.8 Å². The topological polar surface area (TPSA) is 88.4 Å². The van der Waals surface area contributed by atoms with Crippen LogP contribution in [0.1, 0.15) is 19.4 Å². The van der Waals surface area contributed by atoms with Gasteiger partial charge in [-0.25, -0.2) is 4.79 Å². The van der Waals surface area contributed by atoms with Crippen LogP contribution in [0.15, 0.2) is 35.5 Å². The van der Waals surface area contributed by atoms with Gasteiger partial charge in [0.25, 0.3) is 0 Å². The second-order valence-corrected chi connectivity index (χ2v) is 6.94.